The number of ether oxygens (including phenoxy) is 2. The van der Waals surface area contributed by atoms with Gasteiger partial charge in [-0.1, -0.05) is 47.5 Å². The van der Waals surface area contributed by atoms with Gasteiger partial charge in [0, 0.05) is 17.6 Å². The number of carbonyl (C=O) groups excluding carboxylic acids is 1. The molecule has 0 spiro atoms. The first-order valence-electron chi connectivity index (χ1n) is 11.4. The van der Waals surface area contributed by atoms with Crippen LogP contribution in [0.1, 0.15) is 16.2 Å². The van der Waals surface area contributed by atoms with Crippen molar-refractivity contribution in [3.63, 3.8) is 0 Å². The maximum Gasteiger partial charge on any atom is 0.289 e. The number of benzene rings is 3. The van der Waals surface area contributed by atoms with E-state index in [1.165, 1.54) is 0 Å². The maximum atomic E-state index is 13.0. The topological polar surface area (TPSA) is 104 Å². The van der Waals surface area contributed by atoms with Crippen molar-refractivity contribution in [1.29, 1.82) is 0 Å². The predicted octanol–water partition coefficient (Wildman–Crippen LogP) is 5.45. The molecule has 0 aliphatic carbocycles. The zero-order valence-electron chi connectivity index (χ0n) is 20.1. The second-order valence-corrected chi connectivity index (χ2v) is 9.09. The molecule has 3 aromatic carbocycles. The third kappa shape index (κ3) is 4.61. The van der Waals surface area contributed by atoms with Crippen molar-refractivity contribution < 1.29 is 14.3 Å². The number of hydrogen-bond acceptors (Lipinski definition) is 6. The molecule has 0 radical (unpaired) electrons. The molecule has 188 valence electrons. The summed E-state index contributed by atoms with van der Waals surface area (Å²) in [5, 5.41) is 5.24. The number of nitrogen functional groups attached to an aromatic ring is 1. The molecule has 1 amide bonds. The number of amides is 1. The summed E-state index contributed by atoms with van der Waals surface area (Å²) in [4.78, 5) is 22.0. The van der Waals surface area contributed by atoms with Gasteiger partial charge < -0.3 is 20.5 Å². The molecule has 0 saturated carbocycles. The molecule has 37 heavy (non-hydrogen) atoms. The van der Waals surface area contributed by atoms with Crippen LogP contribution in [0, 0.1) is 0 Å². The Balaban J connectivity index is 1.48. The first-order valence-corrected chi connectivity index (χ1v) is 12.2. The molecule has 5 rings (SSSR count). The average molecular weight is 536 g/mol. The quantitative estimate of drug-likeness (QED) is 0.287. The van der Waals surface area contributed by atoms with Gasteiger partial charge in [0.05, 0.1) is 35.2 Å². The van der Waals surface area contributed by atoms with E-state index < -0.39 is 5.91 Å². The molecule has 0 atom stereocenters. The summed E-state index contributed by atoms with van der Waals surface area (Å²) in [6.45, 7) is 0.366. The fraction of sp³-hybridized carbons (Fsp3) is 0.148. The monoisotopic (exact) mass is 535 g/mol. The second-order valence-electron chi connectivity index (χ2n) is 8.28. The Morgan fingerprint density at radius 1 is 0.973 bits per heavy atom. The summed E-state index contributed by atoms with van der Waals surface area (Å²) in [6.07, 6.45) is 0.577. The van der Waals surface area contributed by atoms with E-state index in [2.05, 4.69) is 15.3 Å². The van der Waals surface area contributed by atoms with E-state index in [4.69, 9.17) is 38.4 Å². The lowest BCUT2D eigenvalue weighted by atomic mass is 10.1. The van der Waals surface area contributed by atoms with Gasteiger partial charge in [-0.15, -0.1) is 0 Å². The van der Waals surface area contributed by atoms with Gasteiger partial charge in [-0.3, -0.25) is 9.36 Å². The number of rotatable bonds is 7. The molecule has 0 bridgehead atoms. The van der Waals surface area contributed by atoms with Crippen LogP contribution in [0.15, 0.2) is 60.7 Å². The highest BCUT2D eigenvalue weighted by molar-refractivity contribution is 6.42. The standard InChI is InChI=1S/C27H23Cl2N5O3/c1-36-21-10-7-15(13-22(21)37-2)11-12-31-27(35)25-32-24(30)23-17-5-3-4-6-20(17)34(26(23)33-25)16-8-9-18(28)19(29)14-16/h3-10,13-14H,11-12H2,1-2H3,(H,31,35)(H2,30,32,33). The zero-order chi connectivity index (χ0) is 26.1. The van der Waals surface area contributed by atoms with E-state index in [0.717, 1.165) is 22.2 Å². The van der Waals surface area contributed by atoms with Gasteiger partial charge >= 0.3 is 0 Å². The highest BCUT2D eigenvalue weighted by Gasteiger charge is 2.20. The number of fused-ring (bicyclic) bond motifs is 3. The summed E-state index contributed by atoms with van der Waals surface area (Å²) in [7, 11) is 3.17. The minimum atomic E-state index is -0.431. The highest BCUT2D eigenvalue weighted by Crippen LogP contribution is 2.35. The molecular weight excluding hydrogens is 513 g/mol. The van der Waals surface area contributed by atoms with Crippen molar-refractivity contribution in [2.45, 2.75) is 6.42 Å². The van der Waals surface area contributed by atoms with Crippen LogP contribution >= 0.6 is 23.2 Å². The van der Waals surface area contributed by atoms with E-state index >= 15 is 0 Å². The number of carbonyl (C=O) groups is 1. The molecule has 0 aliphatic rings. The number of aromatic nitrogens is 3. The third-order valence-corrected chi connectivity index (χ3v) is 6.79. The summed E-state index contributed by atoms with van der Waals surface area (Å²) in [6, 6.07) is 18.6. The van der Waals surface area contributed by atoms with Gasteiger partial charge in [0.1, 0.15) is 5.82 Å². The van der Waals surface area contributed by atoms with Crippen LogP contribution in [0.25, 0.3) is 27.6 Å². The Bertz CT molecular complexity index is 1650. The molecule has 2 aromatic heterocycles. The number of nitrogens with one attached hydrogen (secondary N) is 1. The lowest BCUT2D eigenvalue weighted by Gasteiger charge is -2.11. The summed E-state index contributed by atoms with van der Waals surface area (Å²) < 4.78 is 12.5. The van der Waals surface area contributed by atoms with E-state index in [1.807, 2.05) is 53.1 Å². The minimum Gasteiger partial charge on any atom is -0.493 e. The fourth-order valence-corrected chi connectivity index (χ4v) is 4.60. The molecule has 8 nitrogen and oxygen atoms in total. The van der Waals surface area contributed by atoms with Crippen LogP contribution in [-0.2, 0) is 6.42 Å². The number of nitrogens with zero attached hydrogens (tertiary/aromatic N) is 3. The minimum absolute atomic E-state index is 0.0265. The summed E-state index contributed by atoms with van der Waals surface area (Å²) in [5.74, 6) is 1.03. The SMILES string of the molecule is COc1ccc(CCNC(=O)c2nc(N)c3c4ccccc4n(-c4ccc(Cl)c(Cl)c4)c3n2)cc1OC. The molecule has 0 aliphatic heterocycles. The van der Waals surface area contributed by atoms with Crippen LogP contribution < -0.4 is 20.5 Å². The Morgan fingerprint density at radius 3 is 2.51 bits per heavy atom. The number of methoxy groups -OCH3 is 2. The molecule has 10 heteroatoms. The number of halogens is 2. The Morgan fingerprint density at radius 2 is 1.76 bits per heavy atom. The molecule has 0 unspecified atom stereocenters. The van der Waals surface area contributed by atoms with Crippen LogP contribution in [0.4, 0.5) is 5.82 Å². The molecule has 2 heterocycles. The molecular formula is C27H23Cl2N5O3. The third-order valence-electron chi connectivity index (χ3n) is 6.06. The Hall–Kier alpha value is -4.01. The van der Waals surface area contributed by atoms with Gasteiger partial charge in [0.2, 0.25) is 5.82 Å². The van der Waals surface area contributed by atoms with Crippen LogP contribution in [0.5, 0.6) is 11.5 Å². The largest absolute Gasteiger partial charge is 0.493 e. The number of anilines is 1. The van der Waals surface area contributed by atoms with Crippen molar-refractivity contribution in [2.75, 3.05) is 26.5 Å². The maximum absolute atomic E-state index is 13.0. The zero-order valence-corrected chi connectivity index (χ0v) is 21.6. The summed E-state index contributed by atoms with van der Waals surface area (Å²) >= 11 is 12.5. The van der Waals surface area contributed by atoms with E-state index in [1.54, 1.807) is 26.4 Å². The number of hydrogen-bond donors (Lipinski definition) is 2. The van der Waals surface area contributed by atoms with Gasteiger partial charge in [0.25, 0.3) is 5.91 Å². The highest BCUT2D eigenvalue weighted by atomic mass is 35.5. The lowest BCUT2D eigenvalue weighted by molar-refractivity contribution is 0.0944. The first kappa shape index (κ1) is 24.7. The predicted molar refractivity (Wildman–Crippen MR) is 146 cm³/mol. The lowest BCUT2D eigenvalue weighted by Crippen LogP contribution is -2.28. The van der Waals surface area contributed by atoms with Crippen LogP contribution in [0.2, 0.25) is 10.0 Å². The van der Waals surface area contributed by atoms with Crippen LogP contribution in [-0.4, -0.2) is 41.2 Å². The normalized spacial score (nSPS) is 11.1. The van der Waals surface area contributed by atoms with Gasteiger partial charge in [0.15, 0.2) is 17.1 Å². The van der Waals surface area contributed by atoms with Gasteiger partial charge in [-0.05, 0) is 48.4 Å². The van der Waals surface area contributed by atoms with Gasteiger partial charge in [-0.25, -0.2) is 9.97 Å². The molecule has 0 saturated heterocycles. The van der Waals surface area contributed by atoms with E-state index in [0.29, 0.717) is 45.5 Å². The number of nitrogens with two attached hydrogens (primary N) is 1. The smallest absolute Gasteiger partial charge is 0.289 e. The molecule has 5 aromatic rings. The van der Waals surface area contributed by atoms with Crippen molar-refractivity contribution in [2.24, 2.45) is 0 Å². The summed E-state index contributed by atoms with van der Waals surface area (Å²) in [5.41, 5.74) is 9.43. The molecule has 3 N–H and O–H groups in total. The van der Waals surface area contributed by atoms with E-state index in [9.17, 15) is 4.79 Å². The van der Waals surface area contributed by atoms with Crippen molar-refractivity contribution >= 4 is 56.9 Å². The Kier molecular flexibility index (Phi) is 6.78. The van der Waals surface area contributed by atoms with Crippen LogP contribution in [0.3, 0.4) is 0 Å². The van der Waals surface area contributed by atoms with Crippen molar-refractivity contribution in [1.82, 2.24) is 19.9 Å². The van der Waals surface area contributed by atoms with Crippen molar-refractivity contribution in [3.05, 3.63) is 82.1 Å². The number of para-hydroxylation sites is 1. The van der Waals surface area contributed by atoms with Crippen molar-refractivity contribution in [3.8, 4) is 17.2 Å². The second kappa shape index (κ2) is 10.2. The van der Waals surface area contributed by atoms with E-state index in [-0.39, 0.29) is 11.6 Å². The van der Waals surface area contributed by atoms with Gasteiger partial charge in [-0.2, -0.15) is 0 Å². The Labute approximate surface area is 222 Å². The fourth-order valence-electron chi connectivity index (χ4n) is 4.30. The average Bonchev–Trinajstić information content (AvgIpc) is 3.24. The first-order chi connectivity index (χ1) is 17.9. The molecule has 0 fully saturated rings.